The van der Waals surface area contributed by atoms with E-state index in [9.17, 15) is 4.79 Å². The molecule has 2 aliphatic heterocycles. The van der Waals surface area contributed by atoms with Crippen LogP contribution in [0.2, 0.25) is 0 Å². The quantitative estimate of drug-likeness (QED) is 0.613. The molecule has 1 atom stereocenters. The van der Waals surface area contributed by atoms with Gasteiger partial charge >= 0.3 is 5.97 Å². The van der Waals surface area contributed by atoms with E-state index < -0.39 is 0 Å². The van der Waals surface area contributed by atoms with Crippen LogP contribution in [0.25, 0.3) is 0 Å². The standard InChI is InChI=1S/C12H14O3/c1-2-10-9-7-14-11(13)8(9)3-4-12(10)5-6-15-12/h3H,2,4-7H2,1H3. The van der Waals surface area contributed by atoms with Crippen LogP contribution in [-0.2, 0) is 14.3 Å². The Morgan fingerprint density at radius 1 is 1.53 bits per heavy atom. The zero-order chi connectivity index (χ0) is 10.5. The first-order chi connectivity index (χ1) is 7.27. The lowest BCUT2D eigenvalue weighted by Gasteiger charge is -2.45. The van der Waals surface area contributed by atoms with Gasteiger partial charge in [0, 0.05) is 12.0 Å². The molecule has 0 radical (unpaired) electrons. The average molecular weight is 206 g/mol. The van der Waals surface area contributed by atoms with Gasteiger partial charge in [0.2, 0.25) is 0 Å². The fraction of sp³-hybridized carbons (Fsp3) is 0.583. The number of fused-ring (bicyclic) bond motifs is 1. The van der Waals surface area contributed by atoms with Crippen molar-refractivity contribution in [2.45, 2.75) is 31.8 Å². The lowest BCUT2D eigenvalue weighted by Crippen LogP contribution is -2.46. The van der Waals surface area contributed by atoms with Gasteiger partial charge in [0.1, 0.15) is 6.61 Å². The zero-order valence-corrected chi connectivity index (χ0v) is 8.84. The van der Waals surface area contributed by atoms with E-state index in [2.05, 4.69) is 6.92 Å². The lowest BCUT2D eigenvalue weighted by atomic mass is 9.74. The van der Waals surface area contributed by atoms with Gasteiger partial charge in [-0.2, -0.15) is 0 Å². The molecule has 0 aromatic heterocycles. The third-order valence-electron chi connectivity index (χ3n) is 3.68. The Labute approximate surface area is 88.7 Å². The summed E-state index contributed by atoms with van der Waals surface area (Å²) in [6, 6.07) is 0. The topological polar surface area (TPSA) is 35.5 Å². The molecule has 2 saturated heterocycles. The Kier molecular flexibility index (Phi) is 1.80. The zero-order valence-electron chi connectivity index (χ0n) is 8.84. The molecule has 1 spiro atoms. The summed E-state index contributed by atoms with van der Waals surface area (Å²) in [5.41, 5.74) is 3.08. The highest BCUT2D eigenvalue weighted by Gasteiger charge is 2.46. The first kappa shape index (κ1) is 9.16. The minimum absolute atomic E-state index is 0.0818. The summed E-state index contributed by atoms with van der Waals surface area (Å²) in [6.07, 6.45) is 4.86. The highest BCUT2D eigenvalue weighted by atomic mass is 16.5. The van der Waals surface area contributed by atoms with Crippen LogP contribution in [0.4, 0.5) is 0 Å². The van der Waals surface area contributed by atoms with E-state index in [-0.39, 0.29) is 11.6 Å². The predicted molar refractivity (Wildman–Crippen MR) is 54.3 cm³/mol. The third-order valence-corrected chi connectivity index (χ3v) is 3.68. The Morgan fingerprint density at radius 3 is 2.93 bits per heavy atom. The van der Waals surface area contributed by atoms with Gasteiger partial charge in [0.05, 0.1) is 17.8 Å². The van der Waals surface area contributed by atoms with E-state index in [1.807, 2.05) is 6.08 Å². The highest BCUT2D eigenvalue weighted by molar-refractivity contribution is 5.97. The van der Waals surface area contributed by atoms with Crippen molar-refractivity contribution in [1.29, 1.82) is 0 Å². The van der Waals surface area contributed by atoms with Crippen molar-refractivity contribution >= 4 is 5.97 Å². The second kappa shape index (κ2) is 2.95. The number of carbonyl (C=O) groups is 1. The molecule has 3 aliphatic rings. The SMILES string of the molecule is CCC1=C2COC(=O)C2=CCC12CCO2. The largest absolute Gasteiger partial charge is 0.457 e. The van der Waals surface area contributed by atoms with Crippen LogP contribution in [0.3, 0.4) is 0 Å². The summed E-state index contributed by atoms with van der Waals surface area (Å²) in [5, 5.41) is 0. The molecular weight excluding hydrogens is 192 g/mol. The maximum atomic E-state index is 11.4. The summed E-state index contributed by atoms with van der Waals surface area (Å²) in [7, 11) is 0. The molecule has 2 heterocycles. The van der Waals surface area contributed by atoms with Crippen LogP contribution in [0, 0.1) is 0 Å². The van der Waals surface area contributed by atoms with E-state index in [0.29, 0.717) is 6.61 Å². The summed E-state index contributed by atoms with van der Waals surface area (Å²) in [6.45, 7) is 3.41. The molecule has 0 saturated carbocycles. The molecule has 15 heavy (non-hydrogen) atoms. The van der Waals surface area contributed by atoms with Crippen molar-refractivity contribution < 1.29 is 14.3 Å². The predicted octanol–water partition coefficient (Wildman–Crippen LogP) is 1.74. The number of ether oxygens (including phenoxy) is 2. The molecule has 0 N–H and O–H groups in total. The number of esters is 1. The molecule has 3 nitrogen and oxygen atoms in total. The molecule has 2 fully saturated rings. The summed E-state index contributed by atoms with van der Waals surface area (Å²) in [5.74, 6) is -0.162. The Balaban J connectivity index is 2.07. The van der Waals surface area contributed by atoms with E-state index >= 15 is 0 Å². The first-order valence-corrected chi connectivity index (χ1v) is 5.51. The molecule has 0 bridgehead atoms. The fourth-order valence-corrected chi connectivity index (χ4v) is 2.82. The van der Waals surface area contributed by atoms with E-state index in [1.54, 1.807) is 0 Å². The molecule has 3 heteroatoms. The summed E-state index contributed by atoms with van der Waals surface area (Å²) >= 11 is 0. The Hall–Kier alpha value is -1.09. The number of carbonyl (C=O) groups excluding carboxylic acids is 1. The minimum atomic E-state index is -0.162. The van der Waals surface area contributed by atoms with Crippen LogP contribution < -0.4 is 0 Å². The van der Waals surface area contributed by atoms with E-state index in [0.717, 1.165) is 37.0 Å². The first-order valence-electron chi connectivity index (χ1n) is 5.51. The molecule has 1 unspecified atom stereocenters. The van der Waals surface area contributed by atoms with Gasteiger partial charge in [0.15, 0.2) is 0 Å². The van der Waals surface area contributed by atoms with Crippen LogP contribution in [-0.4, -0.2) is 24.8 Å². The van der Waals surface area contributed by atoms with Crippen LogP contribution in [0.15, 0.2) is 22.8 Å². The maximum Gasteiger partial charge on any atom is 0.338 e. The number of cyclic esters (lactones) is 1. The highest BCUT2D eigenvalue weighted by Crippen LogP contribution is 2.46. The number of hydrogen-bond acceptors (Lipinski definition) is 3. The van der Waals surface area contributed by atoms with Crippen LogP contribution in [0.1, 0.15) is 26.2 Å². The van der Waals surface area contributed by atoms with Gasteiger partial charge < -0.3 is 9.47 Å². The molecule has 1 aliphatic carbocycles. The number of hydrogen-bond donors (Lipinski definition) is 0. The Morgan fingerprint density at radius 2 is 2.33 bits per heavy atom. The molecule has 0 aromatic carbocycles. The summed E-state index contributed by atoms with van der Waals surface area (Å²) in [4.78, 5) is 11.4. The smallest absolute Gasteiger partial charge is 0.338 e. The summed E-state index contributed by atoms with van der Waals surface area (Å²) < 4.78 is 10.8. The molecular formula is C12H14O3. The molecule has 0 aromatic rings. The van der Waals surface area contributed by atoms with Crippen molar-refractivity contribution in [3.05, 3.63) is 22.8 Å². The van der Waals surface area contributed by atoms with Crippen molar-refractivity contribution in [3.8, 4) is 0 Å². The average Bonchev–Trinajstić information content (AvgIpc) is 2.56. The van der Waals surface area contributed by atoms with Crippen molar-refractivity contribution in [3.63, 3.8) is 0 Å². The molecule has 80 valence electrons. The van der Waals surface area contributed by atoms with Crippen LogP contribution >= 0.6 is 0 Å². The monoisotopic (exact) mass is 206 g/mol. The lowest BCUT2D eigenvalue weighted by molar-refractivity contribution is -0.135. The fourth-order valence-electron chi connectivity index (χ4n) is 2.82. The van der Waals surface area contributed by atoms with Crippen molar-refractivity contribution in [2.75, 3.05) is 13.2 Å². The van der Waals surface area contributed by atoms with E-state index in [1.165, 1.54) is 5.57 Å². The van der Waals surface area contributed by atoms with Gasteiger partial charge in [0.25, 0.3) is 0 Å². The minimum Gasteiger partial charge on any atom is -0.457 e. The second-order valence-electron chi connectivity index (χ2n) is 4.30. The van der Waals surface area contributed by atoms with E-state index in [4.69, 9.17) is 9.47 Å². The Bertz CT molecular complexity index is 386. The van der Waals surface area contributed by atoms with Crippen molar-refractivity contribution in [2.24, 2.45) is 0 Å². The second-order valence-corrected chi connectivity index (χ2v) is 4.30. The van der Waals surface area contributed by atoms with Crippen molar-refractivity contribution in [1.82, 2.24) is 0 Å². The normalized spacial score (nSPS) is 33.7. The molecule has 0 amide bonds. The van der Waals surface area contributed by atoms with Gasteiger partial charge in [-0.15, -0.1) is 0 Å². The third kappa shape index (κ3) is 1.07. The van der Waals surface area contributed by atoms with Gasteiger partial charge in [-0.1, -0.05) is 13.0 Å². The van der Waals surface area contributed by atoms with Crippen LogP contribution in [0.5, 0.6) is 0 Å². The van der Waals surface area contributed by atoms with Gasteiger partial charge in [-0.25, -0.2) is 4.79 Å². The van der Waals surface area contributed by atoms with Gasteiger partial charge in [-0.3, -0.25) is 0 Å². The van der Waals surface area contributed by atoms with Gasteiger partial charge in [-0.05, 0) is 18.4 Å². The number of rotatable bonds is 1. The molecule has 3 rings (SSSR count). The maximum absolute atomic E-state index is 11.4.